The van der Waals surface area contributed by atoms with Crippen LogP contribution in [0.2, 0.25) is 0 Å². The number of nitrogens with one attached hydrogen (secondary N) is 2. The molecule has 0 amide bonds. The third-order valence-electron chi connectivity index (χ3n) is 3.08. The molecule has 1 aromatic carbocycles. The molecule has 0 aliphatic rings. The Bertz CT molecular complexity index is 716. The summed E-state index contributed by atoms with van der Waals surface area (Å²) in [6.07, 6.45) is 1.59. The van der Waals surface area contributed by atoms with Crippen LogP contribution in [-0.2, 0) is 16.4 Å². The van der Waals surface area contributed by atoms with Gasteiger partial charge in [-0.05, 0) is 31.2 Å². The molecular weight excluding hydrogens is 441 g/mol. The first kappa shape index (κ1) is 20.5. The van der Waals surface area contributed by atoms with Gasteiger partial charge in [0.05, 0.1) is 16.9 Å². The molecule has 1 heterocycles. The highest BCUT2D eigenvalue weighted by molar-refractivity contribution is 14.0. The molecule has 2 rings (SSSR count). The third kappa shape index (κ3) is 6.52. The lowest BCUT2D eigenvalue weighted by Crippen LogP contribution is -2.39. The fourth-order valence-electron chi connectivity index (χ4n) is 1.95. The van der Waals surface area contributed by atoms with E-state index in [9.17, 15) is 8.42 Å². The summed E-state index contributed by atoms with van der Waals surface area (Å²) in [6.45, 7) is 3.31. The molecule has 2 N–H and O–H groups in total. The van der Waals surface area contributed by atoms with Gasteiger partial charge in [-0.2, -0.15) is 0 Å². The van der Waals surface area contributed by atoms with Gasteiger partial charge in [0.1, 0.15) is 12.3 Å². The Morgan fingerprint density at radius 3 is 2.50 bits per heavy atom. The number of hydrogen-bond donors (Lipinski definition) is 2. The molecule has 0 fully saturated rings. The first-order valence-electron chi connectivity index (χ1n) is 7.44. The van der Waals surface area contributed by atoms with Crippen LogP contribution in [0.4, 0.5) is 0 Å². The largest absolute Gasteiger partial charge is 0.467 e. The minimum absolute atomic E-state index is 0. The highest BCUT2D eigenvalue weighted by Gasteiger charge is 2.13. The molecule has 0 aliphatic carbocycles. The number of nitrogens with zero attached hydrogens (tertiary/aromatic N) is 1. The summed E-state index contributed by atoms with van der Waals surface area (Å²) in [4.78, 5) is 4.69. The molecule has 0 aliphatic heterocycles. The maximum absolute atomic E-state index is 12.2. The van der Waals surface area contributed by atoms with Gasteiger partial charge in [-0.3, -0.25) is 0 Å². The summed E-state index contributed by atoms with van der Waals surface area (Å²) in [5, 5.41) is 6.10. The lowest BCUT2D eigenvalue weighted by Gasteiger charge is -2.11. The summed E-state index contributed by atoms with van der Waals surface area (Å²) in [5.41, 5.74) is 0. The molecule has 0 unspecified atom stereocenters. The van der Waals surface area contributed by atoms with E-state index in [4.69, 9.17) is 4.42 Å². The van der Waals surface area contributed by atoms with Crippen molar-refractivity contribution < 1.29 is 12.8 Å². The van der Waals surface area contributed by atoms with Crippen molar-refractivity contribution in [3.63, 3.8) is 0 Å². The number of hydrogen-bond acceptors (Lipinski definition) is 4. The van der Waals surface area contributed by atoms with Crippen molar-refractivity contribution in [3.05, 3.63) is 54.5 Å². The molecule has 0 saturated heterocycles. The van der Waals surface area contributed by atoms with E-state index in [0.29, 0.717) is 23.9 Å². The van der Waals surface area contributed by atoms with Crippen molar-refractivity contribution in [1.82, 2.24) is 10.6 Å². The number of benzene rings is 1. The van der Waals surface area contributed by atoms with Crippen molar-refractivity contribution in [2.45, 2.75) is 18.4 Å². The molecular formula is C16H22IN3O3S. The summed E-state index contributed by atoms with van der Waals surface area (Å²) >= 11 is 0. The molecule has 132 valence electrons. The molecule has 0 spiro atoms. The van der Waals surface area contributed by atoms with Gasteiger partial charge in [-0.25, -0.2) is 13.4 Å². The lowest BCUT2D eigenvalue weighted by molar-refractivity contribution is 0.512. The maximum atomic E-state index is 12.2. The Balaban J connectivity index is 0.00000288. The molecule has 24 heavy (non-hydrogen) atoms. The van der Waals surface area contributed by atoms with Crippen molar-refractivity contribution in [3.8, 4) is 0 Å². The summed E-state index contributed by atoms with van der Waals surface area (Å²) in [7, 11) is -3.29. The smallest absolute Gasteiger partial charge is 0.191 e. The van der Waals surface area contributed by atoms with Gasteiger partial charge in [0.15, 0.2) is 15.8 Å². The standard InChI is InChI=1S/C16H21N3O3S.HI/c1-2-17-16(19-13-14-7-6-11-22-14)18-10-12-23(20,21)15-8-4-3-5-9-15;/h3-9,11H,2,10,12-13H2,1H3,(H2,17,18,19);1H. The van der Waals surface area contributed by atoms with E-state index in [0.717, 1.165) is 5.76 Å². The number of aliphatic imine (C=N–C) groups is 1. The van der Waals surface area contributed by atoms with Gasteiger partial charge < -0.3 is 15.1 Å². The summed E-state index contributed by atoms with van der Waals surface area (Å²) in [5.74, 6) is 1.31. The predicted molar refractivity (Wildman–Crippen MR) is 105 cm³/mol. The summed E-state index contributed by atoms with van der Waals surface area (Å²) in [6, 6.07) is 12.1. The number of halogens is 1. The van der Waals surface area contributed by atoms with Gasteiger partial charge in [0.25, 0.3) is 0 Å². The monoisotopic (exact) mass is 463 g/mol. The third-order valence-corrected chi connectivity index (χ3v) is 4.81. The topological polar surface area (TPSA) is 83.7 Å². The number of guanidine groups is 1. The summed E-state index contributed by atoms with van der Waals surface area (Å²) < 4.78 is 29.6. The fraction of sp³-hybridized carbons (Fsp3) is 0.312. The second-order valence-electron chi connectivity index (χ2n) is 4.83. The van der Waals surface area contributed by atoms with E-state index in [1.165, 1.54) is 0 Å². The van der Waals surface area contributed by atoms with Gasteiger partial charge in [-0.1, -0.05) is 18.2 Å². The van der Waals surface area contributed by atoms with Gasteiger partial charge in [0.2, 0.25) is 0 Å². The molecule has 0 saturated carbocycles. The van der Waals surface area contributed by atoms with Crippen LogP contribution < -0.4 is 10.6 Å². The lowest BCUT2D eigenvalue weighted by atomic mass is 10.4. The zero-order valence-corrected chi connectivity index (χ0v) is 16.6. The van der Waals surface area contributed by atoms with Crippen LogP contribution in [0.25, 0.3) is 0 Å². The van der Waals surface area contributed by atoms with Crippen LogP contribution >= 0.6 is 24.0 Å². The van der Waals surface area contributed by atoms with Crippen molar-refractivity contribution >= 4 is 39.8 Å². The van der Waals surface area contributed by atoms with E-state index < -0.39 is 9.84 Å². The zero-order valence-electron chi connectivity index (χ0n) is 13.4. The molecule has 0 atom stereocenters. The van der Waals surface area contributed by atoms with E-state index >= 15 is 0 Å². The highest BCUT2D eigenvalue weighted by Crippen LogP contribution is 2.09. The molecule has 0 bridgehead atoms. The zero-order chi connectivity index (χ0) is 16.5. The van der Waals surface area contributed by atoms with Crippen molar-refractivity contribution in [1.29, 1.82) is 0 Å². The Labute approximate surface area is 159 Å². The molecule has 1 aromatic heterocycles. The predicted octanol–water partition coefficient (Wildman–Crippen LogP) is 2.43. The highest BCUT2D eigenvalue weighted by atomic mass is 127. The molecule has 6 nitrogen and oxygen atoms in total. The Hall–Kier alpha value is -1.55. The van der Waals surface area contributed by atoms with E-state index in [2.05, 4.69) is 15.6 Å². The minimum Gasteiger partial charge on any atom is -0.467 e. The number of furan rings is 1. The second kappa shape index (κ2) is 10.3. The van der Waals surface area contributed by atoms with Gasteiger partial charge in [0, 0.05) is 13.1 Å². The molecule has 0 radical (unpaired) electrons. The van der Waals surface area contributed by atoms with Crippen molar-refractivity contribution in [2.24, 2.45) is 4.99 Å². The SMILES string of the molecule is CCNC(=NCc1ccco1)NCCS(=O)(=O)c1ccccc1.I. The second-order valence-corrected chi connectivity index (χ2v) is 6.94. The number of rotatable bonds is 7. The van der Waals surface area contributed by atoms with Gasteiger partial charge in [-0.15, -0.1) is 24.0 Å². The fourth-order valence-corrected chi connectivity index (χ4v) is 3.13. The van der Waals surface area contributed by atoms with Crippen LogP contribution in [0.1, 0.15) is 12.7 Å². The normalized spacial score (nSPS) is 11.6. The average molecular weight is 463 g/mol. The Morgan fingerprint density at radius 1 is 1.12 bits per heavy atom. The van der Waals surface area contributed by atoms with Crippen LogP contribution in [0.15, 0.2) is 63.0 Å². The van der Waals surface area contributed by atoms with Crippen LogP contribution in [0, 0.1) is 0 Å². The Kier molecular flexibility index (Phi) is 8.83. The van der Waals surface area contributed by atoms with Crippen molar-refractivity contribution in [2.75, 3.05) is 18.8 Å². The average Bonchev–Trinajstić information content (AvgIpc) is 3.07. The quantitative estimate of drug-likeness (QED) is 0.375. The minimum atomic E-state index is -3.29. The van der Waals surface area contributed by atoms with E-state index in [1.54, 1.807) is 42.7 Å². The first-order chi connectivity index (χ1) is 11.1. The van der Waals surface area contributed by atoms with Crippen LogP contribution in [-0.4, -0.2) is 33.2 Å². The van der Waals surface area contributed by atoms with Crippen LogP contribution in [0.5, 0.6) is 0 Å². The van der Waals surface area contributed by atoms with E-state index in [-0.39, 0.29) is 36.3 Å². The van der Waals surface area contributed by atoms with Crippen LogP contribution in [0.3, 0.4) is 0 Å². The Morgan fingerprint density at radius 2 is 1.88 bits per heavy atom. The molecule has 2 aromatic rings. The van der Waals surface area contributed by atoms with E-state index in [1.807, 2.05) is 13.0 Å². The first-order valence-corrected chi connectivity index (χ1v) is 9.09. The van der Waals surface area contributed by atoms with Gasteiger partial charge >= 0.3 is 0 Å². The number of sulfone groups is 1. The molecule has 8 heteroatoms. The maximum Gasteiger partial charge on any atom is 0.191 e.